The van der Waals surface area contributed by atoms with Gasteiger partial charge in [-0.25, -0.2) is 4.39 Å². The summed E-state index contributed by atoms with van der Waals surface area (Å²) in [5, 5.41) is 22.0. The van der Waals surface area contributed by atoms with E-state index < -0.39 is 11.6 Å². The number of nitrogens with one attached hydrogen (secondary N) is 1. The second-order valence-electron chi connectivity index (χ2n) is 6.64. The molecule has 0 atom stereocenters. The van der Waals surface area contributed by atoms with Crippen molar-refractivity contribution in [1.82, 2.24) is 0 Å². The Balaban J connectivity index is 1.58. The highest BCUT2D eigenvalue weighted by molar-refractivity contribution is 5.93. The van der Waals surface area contributed by atoms with Crippen LogP contribution in [0.15, 0.2) is 66.7 Å². The number of hydrogen-bond donors (Lipinski definition) is 3. The fourth-order valence-corrected chi connectivity index (χ4v) is 2.97. The normalized spacial score (nSPS) is 10.6. The van der Waals surface area contributed by atoms with Gasteiger partial charge in [0, 0.05) is 6.42 Å². The molecule has 0 spiro atoms. The molecule has 5 heteroatoms. The zero-order chi connectivity index (χ0) is 19.9. The summed E-state index contributed by atoms with van der Waals surface area (Å²) >= 11 is 0. The molecule has 0 saturated carbocycles. The van der Waals surface area contributed by atoms with E-state index in [2.05, 4.69) is 17.4 Å². The largest absolute Gasteiger partial charge is 0.506 e. The summed E-state index contributed by atoms with van der Waals surface area (Å²) in [5.41, 5.74) is 2.68. The zero-order valence-electron chi connectivity index (χ0n) is 15.4. The molecule has 0 saturated heterocycles. The lowest BCUT2D eigenvalue weighted by molar-refractivity contribution is -0.116. The van der Waals surface area contributed by atoms with Gasteiger partial charge < -0.3 is 15.5 Å². The molecule has 3 aromatic carbocycles. The summed E-state index contributed by atoms with van der Waals surface area (Å²) in [5.74, 6) is -1.39. The molecule has 0 radical (unpaired) electrons. The van der Waals surface area contributed by atoms with Gasteiger partial charge in [0.2, 0.25) is 5.91 Å². The van der Waals surface area contributed by atoms with Gasteiger partial charge in [0.25, 0.3) is 0 Å². The molecular formula is C23H22FNO3. The Hall–Kier alpha value is -3.34. The van der Waals surface area contributed by atoms with Gasteiger partial charge in [-0.15, -0.1) is 0 Å². The van der Waals surface area contributed by atoms with Crippen LogP contribution in [0, 0.1) is 5.82 Å². The monoisotopic (exact) mass is 379 g/mol. The predicted molar refractivity (Wildman–Crippen MR) is 108 cm³/mol. The number of hydrogen-bond acceptors (Lipinski definition) is 3. The van der Waals surface area contributed by atoms with E-state index in [9.17, 15) is 19.4 Å². The van der Waals surface area contributed by atoms with E-state index in [1.165, 1.54) is 23.8 Å². The van der Waals surface area contributed by atoms with Gasteiger partial charge in [-0.3, -0.25) is 4.79 Å². The van der Waals surface area contributed by atoms with Crippen LogP contribution in [0.25, 0.3) is 11.1 Å². The van der Waals surface area contributed by atoms with E-state index in [1.807, 2.05) is 18.2 Å². The average Bonchev–Trinajstić information content (AvgIpc) is 2.70. The van der Waals surface area contributed by atoms with Crippen molar-refractivity contribution in [1.29, 1.82) is 0 Å². The first-order valence-corrected chi connectivity index (χ1v) is 9.18. The van der Waals surface area contributed by atoms with E-state index in [-0.39, 0.29) is 17.3 Å². The highest BCUT2D eigenvalue weighted by Gasteiger charge is 2.10. The highest BCUT2D eigenvalue weighted by Crippen LogP contribution is 2.31. The summed E-state index contributed by atoms with van der Waals surface area (Å²) in [7, 11) is 0. The molecule has 4 nitrogen and oxygen atoms in total. The lowest BCUT2D eigenvalue weighted by Crippen LogP contribution is -2.11. The Labute approximate surface area is 163 Å². The summed E-state index contributed by atoms with van der Waals surface area (Å²) < 4.78 is 13.6. The molecule has 0 bridgehead atoms. The minimum Gasteiger partial charge on any atom is -0.506 e. The summed E-state index contributed by atoms with van der Waals surface area (Å²) in [6.45, 7) is 0. The highest BCUT2D eigenvalue weighted by atomic mass is 19.1. The van der Waals surface area contributed by atoms with Crippen LogP contribution in [0.5, 0.6) is 11.5 Å². The Morgan fingerprint density at radius 3 is 2.25 bits per heavy atom. The van der Waals surface area contributed by atoms with Crippen LogP contribution in [0.2, 0.25) is 0 Å². The van der Waals surface area contributed by atoms with E-state index >= 15 is 0 Å². The van der Waals surface area contributed by atoms with Crippen molar-refractivity contribution < 1.29 is 19.4 Å². The maximum atomic E-state index is 13.6. The maximum absolute atomic E-state index is 13.6. The van der Waals surface area contributed by atoms with Crippen molar-refractivity contribution in [3.63, 3.8) is 0 Å². The predicted octanol–water partition coefficient (Wildman–Crippen LogP) is 5.26. The van der Waals surface area contributed by atoms with Gasteiger partial charge in [0.05, 0.1) is 5.69 Å². The molecule has 1 amide bonds. The van der Waals surface area contributed by atoms with Gasteiger partial charge >= 0.3 is 0 Å². The number of amides is 1. The number of carbonyl (C=O) groups is 1. The minimum absolute atomic E-state index is 0.0550. The molecular weight excluding hydrogens is 357 g/mol. The topological polar surface area (TPSA) is 69.6 Å². The summed E-state index contributed by atoms with van der Waals surface area (Å²) in [6, 6.07) is 18.8. The van der Waals surface area contributed by atoms with Gasteiger partial charge in [0.1, 0.15) is 5.75 Å². The average molecular weight is 379 g/mol. The third kappa shape index (κ3) is 5.10. The van der Waals surface area contributed by atoms with Crippen LogP contribution >= 0.6 is 0 Å². The molecule has 0 fully saturated rings. The number of phenols is 2. The van der Waals surface area contributed by atoms with Crippen molar-refractivity contribution in [2.45, 2.75) is 25.7 Å². The number of carbonyl (C=O) groups excluding carboxylic acids is 1. The standard InChI is InChI=1S/C23H22FNO3/c24-19-14-17(10-12-21(19)26)18-11-13-22(27)20(15-18)25-23(28)9-5-4-8-16-6-2-1-3-7-16/h1-3,6-7,10-15,26-27H,4-5,8-9H2,(H,25,28). The number of anilines is 1. The third-order valence-corrected chi connectivity index (χ3v) is 4.51. The van der Waals surface area contributed by atoms with Crippen LogP contribution in [-0.4, -0.2) is 16.1 Å². The molecule has 0 aliphatic carbocycles. The molecule has 0 heterocycles. The van der Waals surface area contributed by atoms with Gasteiger partial charge in [-0.2, -0.15) is 0 Å². The number of aryl methyl sites for hydroxylation is 1. The quantitative estimate of drug-likeness (QED) is 0.388. The Bertz CT molecular complexity index is 957. The van der Waals surface area contributed by atoms with E-state index in [0.29, 0.717) is 17.5 Å². The maximum Gasteiger partial charge on any atom is 0.224 e. The van der Waals surface area contributed by atoms with Crippen molar-refractivity contribution in [2.24, 2.45) is 0 Å². The Kier molecular flexibility index (Phi) is 6.27. The van der Waals surface area contributed by atoms with E-state index in [0.717, 1.165) is 19.3 Å². The van der Waals surface area contributed by atoms with Crippen LogP contribution < -0.4 is 5.32 Å². The smallest absolute Gasteiger partial charge is 0.224 e. The lowest BCUT2D eigenvalue weighted by Gasteiger charge is -2.10. The number of benzene rings is 3. The lowest BCUT2D eigenvalue weighted by atomic mass is 10.0. The first-order valence-electron chi connectivity index (χ1n) is 9.18. The van der Waals surface area contributed by atoms with Crippen LogP contribution in [-0.2, 0) is 11.2 Å². The molecule has 0 unspecified atom stereocenters. The van der Waals surface area contributed by atoms with Crippen molar-refractivity contribution in [3.8, 4) is 22.6 Å². The molecule has 0 aliphatic heterocycles. The molecule has 3 rings (SSSR count). The number of rotatable bonds is 7. The van der Waals surface area contributed by atoms with Gasteiger partial charge in [-0.1, -0.05) is 42.5 Å². The molecule has 28 heavy (non-hydrogen) atoms. The van der Waals surface area contributed by atoms with E-state index in [1.54, 1.807) is 18.2 Å². The Morgan fingerprint density at radius 2 is 1.54 bits per heavy atom. The summed E-state index contributed by atoms with van der Waals surface area (Å²) in [6.07, 6.45) is 2.91. The molecule has 0 aliphatic rings. The van der Waals surface area contributed by atoms with Gasteiger partial charge in [0.15, 0.2) is 11.6 Å². The zero-order valence-corrected chi connectivity index (χ0v) is 15.4. The fourth-order valence-electron chi connectivity index (χ4n) is 2.97. The number of halogens is 1. The minimum atomic E-state index is -0.727. The number of aromatic hydroxyl groups is 2. The molecule has 3 N–H and O–H groups in total. The van der Waals surface area contributed by atoms with Crippen molar-refractivity contribution in [3.05, 3.63) is 78.1 Å². The first-order chi connectivity index (χ1) is 13.5. The van der Waals surface area contributed by atoms with Crippen LogP contribution in [0.1, 0.15) is 24.8 Å². The number of unbranched alkanes of at least 4 members (excludes halogenated alkanes) is 1. The fraction of sp³-hybridized carbons (Fsp3) is 0.174. The molecule has 0 aromatic heterocycles. The van der Waals surface area contributed by atoms with Crippen LogP contribution in [0.4, 0.5) is 10.1 Å². The summed E-state index contributed by atoms with van der Waals surface area (Å²) in [4.78, 5) is 12.2. The second-order valence-corrected chi connectivity index (χ2v) is 6.64. The van der Waals surface area contributed by atoms with Gasteiger partial charge in [-0.05, 0) is 60.2 Å². The third-order valence-electron chi connectivity index (χ3n) is 4.51. The van der Waals surface area contributed by atoms with E-state index in [4.69, 9.17) is 0 Å². The Morgan fingerprint density at radius 1 is 0.857 bits per heavy atom. The first kappa shape index (κ1) is 19.4. The SMILES string of the molecule is O=C(CCCCc1ccccc1)Nc1cc(-c2ccc(O)c(F)c2)ccc1O. The number of phenolic OH excluding ortho intramolecular Hbond substituents is 2. The van der Waals surface area contributed by atoms with Crippen molar-refractivity contribution >= 4 is 11.6 Å². The van der Waals surface area contributed by atoms with Crippen molar-refractivity contribution in [2.75, 3.05) is 5.32 Å². The molecule has 3 aromatic rings. The molecule has 144 valence electrons. The second kappa shape index (κ2) is 9.04. The van der Waals surface area contributed by atoms with Crippen LogP contribution in [0.3, 0.4) is 0 Å².